The van der Waals surface area contributed by atoms with Crippen LogP contribution in [0.15, 0.2) is 126 Å². The van der Waals surface area contributed by atoms with Crippen LogP contribution < -0.4 is 15.9 Å². The zero-order valence-corrected chi connectivity index (χ0v) is 17.0. The molecule has 0 saturated carbocycles. The van der Waals surface area contributed by atoms with E-state index in [9.17, 15) is 5.21 Å². The third-order valence-corrected chi connectivity index (χ3v) is 9.52. The van der Waals surface area contributed by atoms with Crippen LogP contribution >= 0.6 is 7.26 Å². The van der Waals surface area contributed by atoms with Gasteiger partial charge in [0.05, 0.1) is 0 Å². The summed E-state index contributed by atoms with van der Waals surface area (Å²) in [6, 6.07) is 41.9. The normalized spacial score (nSPS) is 11.9. The van der Waals surface area contributed by atoms with E-state index in [0.717, 1.165) is 5.56 Å². The molecule has 4 aromatic carbocycles. The van der Waals surface area contributed by atoms with Crippen molar-refractivity contribution in [1.82, 2.24) is 0 Å². The predicted octanol–water partition coefficient (Wildman–Crippen LogP) is 4.86. The summed E-state index contributed by atoms with van der Waals surface area (Å²) >= 11 is 0. The zero-order valence-electron chi connectivity index (χ0n) is 16.1. The maximum Gasteiger partial charge on any atom is 0.125 e. The first-order chi connectivity index (χ1) is 14.3. The van der Waals surface area contributed by atoms with Gasteiger partial charge in [-0.25, -0.2) is 0 Å². The lowest BCUT2D eigenvalue weighted by Gasteiger charge is -2.28. The number of oxime groups is 1. The number of nitrogens with zero attached hydrogens (tertiary/aromatic N) is 1. The van der Waals surface area contributed by atoms with Crippen molar-refractivity contribution in [2.24, 2.45) is 5.16 Å². The van der Waals surface area contributed by atoms with E-state index in [0.29, 0.717) is 11.9 Å². The molecule has 142 valence electrons. The molecule has 4 rings (SSSR count). The standard InChI is InChI=1S/C26H22NOP/c28-27-26(22-13-5-1-6-14-22)21-29(23-15-7-2-8-16-23,24-17-9-3-10-18-24)25-19-11-4-12-20-25/h1-20H,21H2/p+1. The van der Waals surface area contributed by atoms with Gasteiger partial charge in [0.2, 0.25) is 0 Å². The lowest BCUT2D eigenvalue weighted by Crippen LogP contribution is -2.36. The van der Waals surface area contributed by atoms with E-state index in [1.807, 2.05) is 48.5 Å². The van der Waals surface area contributed by atoms with E-state index in [1.165, 1.54) is 15.9 Å². The monoisotopic (exact) mass is 396 g/mol. The minimum atomic E-state index is -2.08. The molecule has 0 saturated heterocycles. The summed E-state index contributed by atoms with van der Waals surface area (Å²) in [6.45, 7) is 0. The highest BCUT2D eigenvalue weighted by Crippen LogP contribution is 2.55. The molecule has 4 aromatic rings. The van der Waals surface area contributed by atoms with E-state index in [4.69, 9.17) is 0 Å². The first kappa shape index (κ1) is 19.1. The van der Waals surface area contributed by atoms with Gasteiger partial charge in [0.1, 0.15) is 35.0 Å². The van der Waals surface area contributed by atoms with E-state index in [-0.39, 0.29) is 0 Å². The van der Waals surface area contributed by atoms with Crippen molar-refractivity contribution >= 4 is 28.9 Å². The Bertz CT molecular complexity index is 968. The van der Waals surface area contributed by atoms with Crippen molar-refractivity contribution in [3.8, 4) is 0 Å². The second-order valence-electron chi connectivity index (χ2n) is 6.89. The third-order valence-electron chi connectivity index (χ3n) is 5.21. The topological polar surface area (TPSA) is 32.6 Å². The summed E-state index contributed by atoms with van der Waals surface area (Å²) in [5.74, 6) is 0. The summed E-state index contributed by atoms with van der Waals surface area (Å²) in [6.07, 6.45) is 0.644. The number of benzene rings is 4. The highest BCUT2D eigenvalue weighted by molar-refractivity contribution is 7.96. The summed E-state index contributed by atoms with van der Waals surface area (Å²) in [5.41, 5.74) is 1.65. The maximum atomic E-state index is 9.99. The van der Waals surface area contributed by atoms with Crippen LogP contribution in [0.4, 0.5) is 0 Å². The fourth-order valence-electron chi connectivity index (χ4n) is 3.80. The Morgan fingerprint density at radius 2 is 0.897 bits per heavy atom. The van der Waals surface area contributed by atoms with E-state index >= 15 is 0 Å². The van der Waals surface area contributed by atoms with Crippen molar-refractivity contribution in [2.45, 2.75) is 0 Å². The molecule has 0 unspecified atom stereocenters. The Morgan fingerprint density at radius 3 is 1.24 bits per heavy atom. The molecule has 1 N–H and O–H groups in total. The summed E-state index contributed by atoms with van der Waals surface area (Å²) in [5, 5.41) is 17.6. The molecule has 0 aliphatic carbocycles. The summed E-state index contributed by atoms with van der Waals surface area (Å²) < 4.78 is 0. The molecule has 0 heterocycles. The van der Waals surface area contributed by atoms with Gasteiger partial charge in [-0.05, 0) is 36.4 Å². The maximum absolute atomic E-state index is 9.99. The lowest BCUT2D eigenvalue weighted by molar-refractivity contribution is 0.319. The molecule has 0 radical (unpaired) electrons. The van der Waals surface area contributed by atoms with Crippen LogP contribution in [-0.2, 0) is 0 Å². The summed E-state index contributed by atoms with van der Waals surface area (Å²) in [7, 11) is -2.08. The lowest BCUT2D eigenvalue weighted by atomic mass is 10.1. The molecule has 0 aliphatic heterocycles. The van der Waals surface area contributed by atoms with Crippen molar-refractivity contribution in [3.63, 3.8) is 0 Å². The fourth-order valence-corrected chi connectivity index (χ4v) is 7.98. The molecule has 3 heteroatoms. The molecule has 2 nitrogen and oxygen atoms in total. The van der Waals surface area contributed by atoms with E-state index in [1.54, 1.807) is 0 Å². The quantitative estimate of drug-likeness (QED) is 0.215. The Kier molecular flexibility index (Phi) is 5.84. The largest absolute Gasteiger partial charge is 0.411 e. The molecule has 0 amide bonds. The smallest absolute Gasteiger partial charge is 0.125 e. The molecule has 0 aliphatic rings. The third kappa shape index (κ3) is 3.85. The average Bonchev–Trinajstić information content (AvgIpc) is 2.82. The second-order valence-corrected chi connectivity index (χ2v) is 10.4. The van der Waals surface area contributed by atoms with Gasteiger partial charge in [0, 0.05) is 5.56 Å². The van der Waals surface area contributed by atoms with Crippen molar-refractivity contribution in [1.29, 1.82) is 0 Å². The van der Waals surface area contributed by atoms with Gasteiger partial charge in [-0.1, -0.05) is 90.1 Å². The second kappa shape index (κ2) is 8.86. The zero-order chi connectivity index (χ0) is 19.9. The number of rotatable bonds is 6. The first-order valence-electron chi connectivity index (χ1n) is 9.66. The fraction of sp³-hybridized carbons (Fsp3) is 0.0385. The van der Waals surface area contributed by atoms with Gasteiger partial charge >= 0.3 is 0 Å². The van der Waals surface area contributed by atoms with Crippen molar-refractivity contribution in [3.05, 3.63) is 127 Å². The van der Waals surface area contributed by atoms with Crippen LogP contribution in [0.5, 0.6) is 0 Å². The minimum absolute atomic E-state index is 0.644. The van der Waals surface area contributed by atoms with Crippen molar-refractivity contribution < 1.29 is 5.21 Å². The Labute approximate surface area is 172 Å². The van der Waals surface area contributed by atoms with E-state index < -0.39 is 7.26 Å². The molecule has 0 aromatic heterocycles. The van der Waals surface area contributed by atoms with Crippen LogP contribution in [-0.4, -0.2) is 17.1 Å². The van der Waals surface area contributed by atoms with Gasteiger partial charge < -0.3 is 5.21 Å². The van der Waals surface area contributed by atoms with Gasteiger partial charge in [0.25, 0.3) is 0 Å². The summed E-state index contributed by atoms with van der Waals surface area (Å²) in [4.78, 5) is 0. The molecular weight excluding hydrogens is 373 g/mol. The Balaban J connectivity index is 1.98. The number of hydrogen-bond acceptors (Lipinski definition) is 2. The Morgan fingerprint density at radius 1 is 0.552 bits per heavy atom. The van der Waals surface area contributed by atoms with E-state index in [2.05, 4.69) is 78.0 Å². The van der Waals surface area contributed by atoms with Crippen LogP contribution in [0.25, 0.3) is 0 Å². The first-order valence-corrected chi connectivity index (χ1v) is 11.6. The molecule has 0 fully saturated rings. The predicted molar refractivity (Wildman–Crippen MR) is 125 cm³/mol. The average molecular weight is 396 g/mol. The van der Waals surface area contributed by atoms with Gasteiger partial charge in [-0.2, -0.15) is 0 Å². The molecule has 0 spiro atoms. The van der Waals surface area contributed by atoms with Crippen LogP contribution in [0.1, 0.15) is 5.56 Å². The van der Waals surface area contributed by atoms with Crippen LogP contribution in [0.2, 0.25) is 0 Å². The molecular formula is C26H23NOP+. The number of hydrogen-bond donors (Lipinski definition) is 1. The Hall–Kier alpha value is -3.22. The van der Waals surface area contributed by atoms with Crippen LogP contribution in [0.3, 0.4) is 0 Å². The van der Waals surface area contributed by atoms with Crippen LogP contribution in [0, 0.1) is 0 Å². The SMILES string of the molecule is ON=C(C[P+](c1ccccc1)(c1ccccc1)c1ccccc1)c1ccccc1. The van der Waals surface area contributed by atoms with Gasteiger partial charge in [-0.3, -0.25) is 0 Å². The van der Waals surface area contributed by atoms with Gasteiger partial charge in [-0.15, -0.1) is 0 Å². The molecule has 0 bridgehead atoms. The minimum Gasteiger partial charge on any atom is -0.411 e. The molecule has 0 atom stereocenters. The molecule has 29 heavy (non-hydrogen) atoms. The van der Waals surface area contributed by atoms with Gasteiger partial charge in [0.15, 0.2) is 0 Å². The van der Waals surface area contributed by atoms with Crippen molar-refractivity contribution in [2.75, 3.05) is 6.16 Å². The highest BCUT2D eigenvalue weighted by atomic mass is 31.2. The highest BCUT2D eigenvalue weighted by Gasteiger charge is 2.46.